The number of hydrogen-bond donors (Lipinski definition) is 0. The summed E-state index contributed by atoms with van der Waals surface area (Å²) in [6.45, 7) is 4.76. The number of carbonyl (C=O) groups is 2. The number of hydrogen-bond acceptors (Lipinski definition) is 2. The first-order valence-corrected chi connectivity index (χ1v) is 8.82. The van der Waals surface area contributed by atoms with Gasteiger partial charge in [0, 0.05) is 7.05 Å². The molecule has 118 valence electrons. The summed E-state index contributed by atoms with van der Waals surface area (Å²) >= 11 is 0. The van der Waals surface area contributed by atoms with Crippen LogP contribution in [0.25, 0.3) is 0 Å². The molecular formula is C18H29NO2. The van der Waals surface area contributed by atoms with Crippen molar-refractivity contribution in [1.82, 2.24) is 4.90 Å². The normalized spacial score (nSPS) is 44.6. The van der Waals surface area contributed by atoms with Crippen LogP contribution in [0, 0.1) is 35.5 Å². The monoisotopic (exact) mass is 291 g/mol. The van der Waals surface area contributed by atoms with Crippen molar-refractivity contribution in [1.29, 1.82) is 0 Å². The van der Waals surface area contributed by atoms with E-state index in [1.54, 1.807) is 7.05 Å². The molecule has 3 nitrogen and oxygen atoms in total. The summed E-state index contributed by atoms with van der Waals surface area (Å²) in [7, 11) is 1.63. The minimum Gasteiger partial charge on any atom is -0.285 e. The number of amides is 2. The standard InChI is InChI=1S/C10H13NO2.C8H16/c1-11-9(12)7-5-2-3-6(4-5)8(7)10(11)13;1-7-5-3-4-6-8(7)2/h5-8H,2-4H2,1H3;7-8H,3-6H2,1-2H3. The van der Waals surface area contributed by atoms with Crippen LogP contribution in [0.3, 0.4) is 0 Å². The molecule has 4 fully saturated rings. The molecule has 6 atom stereocenters. The second-order valence-electron chi connectivity index (χ2n) is 7.86. The molecule has 6 unspecified atom stereocenters. The van der Waals surface area contributed by atoms with Crippen molar-refractivity contribution in [2.24, 2.45) is 35.5 Å². The maximum absolute atomic E-state index is 11.7. The van der Waals surface area contributed by atoms with Gasteiger partial charge in [-0.3, -0.25) is 14.5 Å². The van der Waals surface area contributed by atoms with E-state index in [0.717, 1.165) is 18.3 Å². The lowest BCUT2D eigenvalue weighted by atomic mass is 9.81. The maximum atomic E-state index is 11.7. The third-order valence-corrected chi connectivity index (χ3v) is 6.69. The van der Waals surface area contributed by atoms with Crippen LogP contribution in [-0.2, 0) is 9.59 Å². The molecular weight excluding hydrogens is 262 g/mol. The summed E-state index contributed by atoms with van der Waals surface area (Å²) in [5.41, 5.74) is 0. The van der Waals surface area contributed by atoms with E-state index in [0.29, 0.717) is 11.8 Å². The summed E-state index contributed by atoms with van der Waals surface area (Å²) in [6.07, 6.45) is 9.36. The van der Waals surface area contributed by atoms with Gasteiger partial charge >= 0.3 is 0 Å². The summed E-state index contributed by atoms with van der Waals surface area (Å²) in [5, 5.41) is 0. The molecule has 3 heteroatoms. The number of rotatable bonds is 0. The molecule has 0 spiro atoms. The van der Waals surface area contributed by atoms with E-state index < -0.39 is 0 Å². The molecule has 0 N–H and O–H groups in total. The molecule has 3 saturated carbocycles. The molecule has 3 aliphatic carbocycles. The summed E-state index contributed by atoms with van der Waals surface area (Å²) in [4.78, 5) is 24.7. The van der Waals surface area contributed by atoms with Gasteiger partial charge in [-0.25, -0.2) is 0 Å². The Balaban J connectivity index is 0.000000143. The molecule has 1 heterocycles. The Kier molecular flexibility index (Phi) is 4.11. The van der Waals surface area contributed by atoms with Crippen molar-refractivity contribution < 1.29 is 9.59 Å². The summed E-state index contributed by atoms with van der Waals surface area (Å²) < 4.78 is 0. The molecule has 2 bridgehead atoms. The fourth-order valence-corrected chi connectivity index (χ4v) is 5.06. The quantitative estimate of drug-likeness (QED) is 0.641. The van der Waals surface area contributed by atoms with E-state index in [1.807, 2.05) is 0 Å². The second-order valence-corrected chi connectivity index (χ2v) is 7.86. The van der Waals surface area contributed by atoms with Crippen molar-refractivity contribution in [3.05, 3.63) is 0 Å². The van der Waals surface area contributed by atoms with Gasteiger partial charge in [0.05, 0.1) is 11.8 Å². The summed E-state index contributed by atoms with van der Waals surface area (Å²) in [6, 6.07) is 0. The molecule has 0 radical (unpaired) electrons. The maximum Gasteiger partial charge on any atom is 0.233 e. The van der Waals surface area contributed by atoms with Crippen molar-refractivity contribution in [2.45, 2.75) is 58.8 Å². The SMILES string of the molecule is CC1CCCCC1C.CN1C(=O)C2C3CCC(C3)C2C1=O. The zero-order valence-electron chi connectivity index (χ0n) is 13.7. The smallest absolute Gasteiger partial charge is 0.233 e. The fraction of sp³-hybridized carbons (Fsp3) is 0.889. The van der Waals surface area contributed by atoms with E-state index in [2.05, 4.69) is 13.8 Å². The average molecular weight is 291 g/mol. The lowest BCUT2D eigenvalue weighted by Crippen LogP contribution is -2.28. The van der Waals surface area contributed by atoms with Gasteiger partial charge in [0.2, 0.25) is 11.8 Å². The molecule has 2 amide bonds. The van der Waals surface area contributed by atoms with Crippen LogP contribution < -0.4 is 0 Å². The van der Waals surface area contributed by atoms with Crippen LogP contribution in [0.2, 0.25) is 0 Å². The first kappa shape index (κ1) is 15.1. The van der Waals surface area contributed by atoms with E-state index in [-0.39, 0.29) is 23.7 Å². The molecule has 21 heavy (non-hydrogen) atoms. The Bertz CT molecular complexity index is 395. The Morgan fingerprint density at radius 2 is 1.24 bits per heavy atom. The molecule has 0 aromatic heterocycles. The topological polar surface area (TPSA) is 37.4 Å². The molecule has 4 rings (SSSR count). The van der Waals surface area contributed by atoms with Crippen molar-refractivity contribution in [2.75, 3.05) is 7.05 Å². The molecule has 1 saturated heterocycles. The highest BCUT2D eigenvalue weighted by Crippen LogP contribution is 2.55. The van der Waals surface area contributed by atoms with Gasteiger partial charge in [-0.1, -0.05) is 39.5 Å². The number of nitrogens with zero attached hydrogens (tertiary/aromatic N) is 1. The van der Waals surface area contributed by atoms with E-state index >= 15 is 0 Å². The highest BCUT2D eigenvalue weighted by Gasteiger charge is 2.59. The Morgan fingerprint density at radius 1 is 0.810 bits per heavy atom. The molecule has 4 aliphatic rings. The molecule has 0 aromatic carbocycles. The minimum absolute atomic E-state index is 0.0660. The average Bonchev–Trinajstić information content (AvgIpc) is 3.14. The highest BCUT2D eigenvalue weighted by atomic mass is 16.2. The molecule has 1 aliphatic heterocycles. The zero-order chi connectivity index (χ0) is 15.1. The van der Waals surface area contributed by atoms with Gasteiger partial charge in [0.1, 0.15) is 0 Å². The van der Waals surface area contributed by atoms with Crippen molar-refractivity contribution >= 4 is 11.8 Å². The number of likely N-dealkylation sites (tertiary alicyclic amines) is 1. The van der Waals surface area contributed by atoms with Gasteiger partial charge in [-0.05, 0) is 42.9 Å². The van der Waals surface area contributed by atoms with Gasteiger partial charge in [0.25, 0.3) is 0 Å². The van der Waals surface area contributed by atoms with Gasteiger partial charge in [-0.15, -0.1) is 0 Å². The van der Waals surface area contributed by atoms with E-state index in [1.165, 1.54) is 43.4 Å². The van der Waals surface area contributed by atoms with Crippen LogP contribution in [0.15, 0.2) is 0 Å². The van der Waals surface area contributed by atoms with Crippen LogP contribution in [0.5, 0.6) is 0 Å². The van der Waals surface area contributed by atoms with Crippen LogP contribution in [0.1, 0.15) is 58.8 Å². The minimum atomic E-state index is 0.0660. The second kappa shape index (κ2) is 5.73. The van der Waals surface area contributed by atoms with E-state index in [4.69, 9.17) is 0 Å². The third-order valence-electron chi connectivity index (χ3n) is 6.69. The number of fused-ring (bicyclic) bond motifs is 5. The predicted octanol–water partition coefficient (Wildman–Crippen LogP) is 3.48. The van der Waals surface area contributed by atoms with Gasteiger partial charge < -0.3 is 0 Å². The van der Waals surface area contributed by atoms with Gasteiger partial charge in [0.15, 0.2) is 0 Å². The lowest BCUT2D eigenvalue weighted by molar-refractivity contribution is -0.139. The summed E-state index contributed by atoms with van der Waals surface area (Å²) in [5.74, 6) is 3.36. The van der Waals surface area contributed by atoms with Gasteiger partial charge in [-0.2, -0.15) is 0 Å². The highest BCUT2D eigenvalue weighted by molar-refractivity contribution is 6.05. The van der Waals surface area contributed by atoms with Crippen LogP contribution >= 0.6 is 0 Å². The van der Waals surface area contributed by atoms with Crippen LogP contribution in [0.4, 0.5) is 0 Å². The number of imide groups is 1. The fourth-order valence-electron chi connectivity index (χ4n) is 5.06. The zero-order valence-corrected chi connectivity index (χ0v) is 13.7. The lowest BCUT2D eigenvalue weighted by Gasteiger charge is -2.24. The molecule has 0 aromatic rings. The first-order valence-electron chi connectivity index (χ1n) is 8.82. The van der Waals surface area contributed by atoms with Crippen LogP contribution in [-0.4, -0.2) is 23.8 Å². The largest absolute Gasteiger partial charge is 0.285 e. The third kappa shape index (κ3) is 2.53. The predicted molar refractivity (Wildman–Crippen MR) is 82.4 cm³/mol. The van der Waals surface area contributed by atoms with E-state index in [9.17, 15) is 9.59 Å². The number of carbonyl (C=O) groups excluding carboxylic acids is 2. The first-order chi connectivity index (χ1) is 10.0. The Labute approximate surface area is 128 Å². The Hall–Kier alpha value is -0.860. The van der Waals surface area contributed by atoms with Crippen molar-refractivity contribution in [3.8, 4) is 0 Å². The Morgan fingerprint density at radius 3 is 1.62 bits per heavy atom. The van der Waals surface area contributed by atoms with Crippen molar-refractivity contribution in [3.63, 3.8) is 0 Å².